The van der Waals surface area contributed by atoms with Crippen molar-refractivity contribution in [3.63, 3.8) is 0 Å². The summed E-state index contributed by atoms with van der Waals surface area (Å²) in [4.78, 5) is 41.9. The Kier molecular flexibility index (Phi) is 6.36. The molecule has 186 valence electrons. The molecule has 0 saturated heterocycles. The zero-order valence-electron chi connectivity index (χ0n) is 19.5. The van der Waals surface area contributed by atoms with E-state index in [-0.39, 0.29) is 16.8 Å². The van der Waals surface area contributed by atoms with Gasteiger partial charge in [0.15, 0.2) is 4.80 Å². The molecular weight excluding hydrogens is 518 g/mol. The molecular formula is C26H18ClN3O6S. The first-order valence-corrected chi connectivity index (χ1v) is 12.2. The molecule has 1 aliphatic heterocycles. The molecule has 37 heavy (non-hydrogen) atoms. The number of furan rings is 1. The summed E-state index contributed by atoms with van der Waals surface area (Å²) >= 11 is 7.23. The number of rotatable bonds is 5. The van der Waals surface area contributed by atoms with Gasteiger partial charge in [-0.2, -0.15) is 0 Å². The number of ether oxygens (including phenoxy) is 1. The van der Waals surface area contributed by atoms with Gasteiger partial charge in [-0.15, -0.1) is 0 Å². The Bertz CT molecular complexity index is 1760. The maximum atomic E-state index is 13.6. The van der Waals surface area contributed by atoms with Gasteiger partial charge in [-0.1, -0.05) is 47.2 Å². The van der Waals surface area contributed by atoms with Crippen LogP contribution in [0.4, 0.5) is 5.69 Å². The minimum atomic E-state index is -0.750. The average molecular weight is 536 g/mol. The minimum absolute atomic E-state index is 0.0530. The Morgan fingerprint density at radius 2 is 1.97 bits per heavy atom. The lowest BCUT2D eigenvalue weighted by Crippen LogP contribution is -2.39. The Labute approximate surface area is 218 Å². The molecule has 0 saturated carbocycles. The van der Waals surface area contributed by atoms with Crippen LogP contribution in [0.15, 0.2) is 86.1 Å². The molecule has 2 aromatic carbocycles. The van der Waals surface area contributed by atoms with Gasteiger partial charge in [0, 0.05) is 28.8 Å². The number of fused-ring (bicyclic) bond motifs is 1. The first-order chi connectivity index (χ1) is 17.8. The first-order valence-electron chi connectivity index (χ1n) is 11.0. The SMILES string of the molecule is COC(=O)C1=C(C)N=c2sc(=Cc3ccc(-c4cccc([N+](=O)[O-])c4)o3)c(=O)n2C1c1ccc(Cl)cc1. The highest BCUT2D eigenvalue weighted by Gasteiger charge is 2.33. The van der Waals surface area contributed by atoms with Crippen molar-refractivity contribution in [3.05, 3.63) is 118 Å². The van der Waals surface area contributed by atoms with Crippen molar-refractivity contribution in [2.75, 3.05) is 7.11 Å². The highest BCUT2D eigenvalue weighted by atomic mass is 35.5. The number of esters is 1. The van der Waals surface area contributed by atoms with E-state index in [0.29, 0.717) is 42.7 Å². The largest absolute Gasteiger partial charge is 0.466 e. The predicted molar refractivity (Wildman–Crippen MR) is 138 cm³/mol. The van der Waals surface area contributed by atoms with Gasteiger partial charge in [-0.25, -0.2) is 9.79 Å². The summed E-state index contributed by atoms with van der Waals surface area (Å²) in [6.07, 6.45) is 1.58. The number of carbonyl (C=O) groups excluding carboxylic acids is 1. The Balaban J connectivity index is 1.62. The number of thiazole rings is 1. The second-order valence-corrected chi connectivity index (χ2v) is 9.58. The second-order valence-electron chi connectivity index (χ2n) is 8.13. The van der Waals surface area contributed by atoms with Gasteiger partial charge in [0.1, 0.15) is 11.5 Å². The van der Waals surface area contributed by atoms with Crippen molar-refractivity contribution < 1.29 is 18.9 Å². The van der Waals surface area contributed by atoms with Crippen LogP contribution in [0, 0.1) is 10.1 Å². The number of carbonyl (C=O) groups is 1. The van der Waals surface area contributed by atoms with Gasteiger partial charge in [0.05, 0.1) is 33.9 Å². The fraction of sp³-hybridized carbons (Fsp3) is 0.115. The molecule has 11 heteroatoms. The number of methoxy groups -OCH3 is 1. The summed E-state index contributed by atoms with van der Waals surface area (Å²) in [6.45, 7) is 1.70. The zero-order chi connectivity index (χ0) is 26.3. The lowest BCUT2D eigenvalue weighted by molar-refractivity contribution is -0.384. The number of non-ortho nitro benzene ring substituents is 1. The molecule has 1 aliphatic rings. The van der Waals surface area contributed by atoms with Crippen LogP contribution < -0.4 is 14.9 Å². The van der Waals surface area contributed by atoms with Crippen LogP contribution in [-0.4, -0.2) is 22.6 Å². The van der Waals surface area contributed by atoms with E-state index in [9.17, 15) is 19.7 Å². The molecule has 9 nitrogen and oxygen atoms in total. The van der Waals surface area contributed by atoms with Crippen LogP contribution in [0.25, 0.3) is 17.4 Å². The van der Waals surface area contributed by atoms with Crippen LogP contribution >= 0.6 is 22.9 Å². The summed E-state index contributed by atoms with van der Waals surface area (Å²) in [6, 6.07) is 15.6. The number of halogens is 1. The normalized spacial score (nSPS) is 15.3. The van der Waals surface area contributed by atoms with E-state index in [1.165, 1.54) is 23.8 Å². The lowest BCUT2D eigenvalue weighted by atomic mass is 9.96. The molecule has 0 radical (unpaired) electrons. The van der Waals surface area contributed by atoms with Gasteiger partial charge in [0.25, 0.3) is 11.2 Å². The average Bonchev–Trinajstić information content (AvgIpc) is 3.48. The third kappa shape index (κ3) is 4.52. The second kappa shape index (κ2) is 9.64. The number of hydrogen-bond acceptors (Lipinski definition) is 8. The van der Waals surface area contributed by atoms with Crippen molar-refractivity contribution in [2.24, 2.45) is 4.99 Å². The molecule has 0 aliphatic carbocycles. The van der Waals surface area contributed by atoms with E-state index < -0.39 is 16.9 Å². The predicted octanol–water partition coefficient (Wildman–Crippen LogP) is 4.23. The molecule has 1 atom stereocenters. The van der Waals surface area contributed by atoms with Crippen LogP contribution in [0.2, 0.25) is 5.02 Å². The van der Waals surface area contributed by atoms with Crippen LogP contribution in [0.5, 0.6) is 0 Å². The number of benzene rings is 2. The minimum Gasteiger partial charge on any atom is -0.466 e. The van der Waals surface area contributed by atoms with Crippen LogP contribution in [-0.2, 0) is 9.53 Å². The summed E-state index contributed by atoms with van der Waals surface area (Å²) in [5, 5.41) is 11.6. The maximum absolute atomic E-state index is 13.6. The van der Waals surface area contributed by atoms with Crippen molar-refractivity contribution >= 4 is 40.7 Å². The maximum Gasteiger partial charge on any atom is 0.338 e. The molecule has 4 aromatic rings. The van der Waals surface area contributed by atoms with Crippen molar-refractivity contribution in [3.8, 4) is 11.3 Å². The molecule has 0 bridgehead atoms. The molecule has 5 rings (SSSR count). The summed E-state index contributed by atoms with van der Waals surface area (Å²) in [5.74, 6) is 0.229. The van der Waals surface area contributed by atoms with Crippen molar-refractivity contribution in [1.82, 2.24) is 4.57 Å². The number of aromatic nitrogens is 1. The quantitative estimate of drug-likeness (QED) is 0.214. The number of nitrogens with zero attached hydrogens (tertiary/aromatic N) is 3. The molecule has 1 unspecified atom stereocenters. The zero-order valence-corrected chi connectivity index (χ0v) is 21.1. The van der Waals surface area contributed by atoms with Crippen LogP contribution in [0.1, 0.15) is 24.3 Å². The topological polar surface area (TPSA) is 117 Å². The molecule has 2 aromatic heterocycles. The smallest absolute Gasteiger partial charge is 0.338 e. The molecule has 0 fully saturated rings. The number of nitro groups is 1. The first kappa shape index (κ1) is 24.4. The standard InChI is InChI=1S/C26H18ClN3O6S/c1-14-22(25(32)35-2)23(15-6-8-17(27)9-7-15)29-24(31)21(37-26(29)28-14)13-19-10-11-20(36-19)16-4-3-5-18(12-16)30(33)34/h3-13,23H,1-2H3. The molecule has 0 spiro atoms. The van der Waals surface area contributed by atoms with E-state index in [1.807, 2.05) is 0 Å². The summed E-state index contributed by atoms with van der Waals surface area (Å²) < 4.78 is 12.7. The third-order valence-electron chi connectivity index (χ3n) is 5.85. The van der Waals surface area contributed by atoms with Gasteiger partial charge in [0.2, 0.25) is 0 Å². The third-order valence-corrected chi connectivity index (χ3v) is 7.09. The monoisotopic (exact) mass is 535 g/mol. The fourth-order valence-electron chi connectivity index (χ4n) is 4.14. The highest BCUT2D eigenvalue weighted by Crippen LogP contribution is 2.31. The van der Waals surface area contributed by atoms with E-state index in [1.54, 1.807) is 61.5 Å². The number of nitro benzene ring substituents is 1. The molecule has 3 heterocycles. The van der Waals surface area contributed by atoms with Gasteiger partial charge >= 0.3 is 5.97 Å². The van der Waals surface area contributed by atoms with E-state index in [0.717, 1.165) is 11.3 Å². The fourth-order valence-corrected chi connectivity index (χ4v) is 5.29. The molecule has 0 amide bonds. The van der Waals surface area contributed by atoms with Crippen molar-refractivity contribution in [2.45, 2.75) is 13.0 Å². The number of allylic oxidation sites excluding steroid dienone is 1. The van der Waals surface area contributed by atoms with E-state index in [2.05, 4.69) is 4.99 Å². The highest BCUT2D eigenvalue weighted by molar-refractivity contribution is 7.07. The summed E-state index contributed by atoms with van der Waals surface area (Å²) in [5.41, 5.74) is 1.52. The van der Waals surface area contributed by atoms with Crippen molar-refractivity contribution in [1.29, 1.82) is 0 Å². The van der Waals surface area contributed by atoms with E-state index >= 15 is 0 Å². The number of hydrogen-bond donors (Lipinski definition) is 0. The Morgan fingerprint density at radius 3 is 2.68 bits per heavy atom. The van der Waals surface area contributed by atoms with Crippen LogP contribution in [0.3, 0.4) is 0 Å². The Hall–Kier alpha value is -4.28. The lowest BCUT2D eigenvalue weighted by Gasteiger charge is -2.24. The van der Waals surface area contributed by atoms with Gasteiger partial charge in [-0.3, -0.25) is 19.5 Å². The van der Waals surface area contributed by atoms with Gasteiger partial charge in [-0.05, 0) is 36.8 Å². The molecule has 0 N–H and O–H groups in total. The van der Waals surface area contributed by atoms with Gasteiger partial charge < -0.3 is 9.15 Å². The van der Waals surface area contributed by atoms with E-state index in [4.69, 9.17) is 20.8 Å². The summed E-state index contributed by atoms with van der Waals surface area (Å²) in [7, 11) is 1.28. The Morgan fingerprint density at radius 1 is 1.22 bits per heavy atom.